The van der Waals surface area contributed by atoms with E-state index in [0.29, 0.717) is 31.2 Å². The number of ether oxygens (including phenoxy) is 1. The number of nitrogens with zero attached hydrogens (tertiary/aromatic N) is 1. The number of hydrogen-bond acceptors (Lipinski definition) is 3. The molecule has 0 radical (unpaired) electrons. The van der Waals surface area contributed by atoms with Gasteiger partial charge in [0.25, 0.3) is 0 Å². The Bertz CT molecular complexity index is 479. The fraction of sp³-hybridized carbons (Fsp3) is 0.500. The lowest BCUT2D eigenvalue weighted by atomic mass is 10.2. The molecule has 0 atom stereocenters. The van der Waals surface area contributed by atoms with Gasteiger partial charge < -0.3 is 4.74 Å². The maximum atomic E-state index is 12.4. The number of halogens is 1. The van der Waals surface area contributed by atoms with Gasteiger partial charge in [-0.05, 0) is 24.1 Å². The molecule has 0 unspecified atom stereocenters. The molecule has 0 spiro atoms. The first kappa shape index (κ1) is 14.0. The fourth-order valence-electron chi connectivity index (χ4n) is 1.86. The van der Waals surface area contributed by atoms with Crippen LogP contribution in [0.2, 0.25) is 0 Å². The SMILES string of the molecule is O=S(=O)(c1ccc(CBr)cc1)N1CCCOCC1. The first-order chi connectivity index (χ1) is 8.64. The monoisotopic (exact) mass is 333 g/mol. The van der Waals surface area contributed by atoms with E-state index in [1.165, 1.54) is 4.31 Å². The smallest absolute Gasteiger partial charge is 0.243 e. The second kappa shape index (κ2) is 6.14. The van der Waals surface area contributed by atoms with Crippen molar-refractivity contribution < 1.29 is 13.2 Å². The minimum Gasteiger partial charge on any atom is -0.380 e. The minimum absolute atomic E-state index is 0.356. The van der Waals surface area contributed by atoms with Crippen LogP contribution >= 0.6 is 15.9 Å². The molecule has 100 valence electrons. The number of alkyl halides is 1. The first-order valence-corrected chi connectivity index (χ1v) is 8.43. The molecular weight excluding hydrogens is 318 g/mol. The molecule has 1 aliphatic heterocycles. The summed E-state index contributed by atoms with van der Waals surface area (Å²) >= 11 is 3.34. The predicted octanol–water partition coefficient (Wildman–Crippen LogP) is 1.99. The van der Waals surface area contributed by atoms with Crippen molar-refractivity contribution in [1.82, 2.24) is 4.31 Å². The summed E-state index contributed by atoms with van der Waals surface area (Å²) in [4.78, 5) is 0.356. The summed E-state index contributed by atoms with van der Waals surface area (Å²) in [6.45, 7) is 2.07. The lowest BCUT2D eigenvalue weighted by molar-refractivity contribution is 0.148. The van der Waals surface area contributed by atoms with Gasteiger partial charge in [0, 0.05) is 25.0 Å². The summed E-state index contributed by atoms with van der Waals surface area (Å²) in [5.41, 5.74) is 1.06. The third-order valence-electron chi connectivity index (χ3n) is 2.90. The summed E-state index contributed by atoms with van der Waals surface area (Å²) in [5, 5.41) is 0.727. The molecule has 1 aromatic rings. The van der Waals surface area contributed by atoms with E-state index < -0.39 is 10.0 Å². The molecular formula is C12H16BrNO3S. The van der Waals surface area contributed by atoms with Crippen LogP contribution in [0.15, 0.2) is 29.2 Å². The molecule has 1 fully saturated rings. The van der Waals surface area contributed by atoms with Gasteiger partial charge in [-0.2, -0.15) is 4.31 Å². The molecule has 0 N–H and O–H groups in total. The summed E-state index contributed by atoms with van der Waals surface area (Å²) in [7, 11) is -3.37. The molecule has 0 aliphatic carbocycles. The predicted molar refractivity (Wildman–Crippen MR) is 73.3 cm³/mol. The van der Waals surface area contributed by atoms with E-state index in [9.17, 15) is 8.42 Å². The van der Waals surface area contributed by atoms with Crippen LogP contribution in [0.25, 0.3) is 0 Å². The van der Waals surface area contributed by atoms with Crippen molar-refractivity contribution in [1.29, 1.82) is 0 Å². The highest BCUT2D eigenvalue weighted by Gasteiger charge is 2.24. The Kier molecular flexibility index (Phi) is 4.77. The Morgan fingerprint density at radius 1 is 1.17 bits per heavy atom. The Morgan fingerprint density at radius 2 is 1.89 bits per heavy atom. The van der Waals surface area contributed by atoms with Crippen molar-refractivity contribution in [3.63, 3.8) is 0 Å². The average Bonchev–Trinajstić information content (AvgIpc) is 2.68. The van der Waals surface area contributed by atoms with Crippen LogP contribution in [0.5, 0.6) is 0 Å². The fourth-order valence-corrected chi connectivity index (χ4v) is 3.70. The van der Waals surface area contributed by atoms with Crippen LogP contribution < -0.4 is 0 Å². The molecule has 0 amide bonds. The third-order valence-corrected chi connectivity index (χ3v) is 5.46. The summed E-state index contributed by atoms with van der Waals surface area (Å²) < 4.78 is 31.6. The number of rotatable bonds is 3. The van der Waals surface area contributed by atoms with Crippen molar-refractivity contribution in [3.8, 4) is 0 Å². The molecule has 0 saturated carbocycles. The van der Waals surface area contributed by atoms with Crippen LogP contribution in [-0.2, 0) is 20.1 Å². The zero-order chi connectivity index (χ0) is 13.0. The molecule has 2 rings (SSSR count). The van der Waals surface area contributed by atoms with E-state index in [-0.39, 0.29) is 0 Å². The third kappa shape index (κ3) is 3.12. The van der Waals surface area contributed by atoms with Gasteiger partial charge in [0.1, 0.15) is 0 Å². The molecule has 1 aliphatic rings. The second-order valence-electron chi connectivity index (χ2n) is 4.15. The Morgan fingerprint density at radius 3 is 2.56 bits per heavy atom. The first-order valence-electron chi connectivity index (χ1n) is 5.87. The second-order valence-corrected chi connectivity index (χ2v) is 6.65. The quantitative estimate of drug-likeness (QED) is 0.795. The average molecular weight is 334 g/mol. The van der Waals surface area contributed by atoms with Gasteiger partial charge in [0.15, 0.2) is 0 Å². The van der Waals surface area contributed by atoms with Gasteiger partial charge in [0.2, 0.25) is 10.0 Å². The maximum Gasteiger partial charge on any atom is 0.243 e. The molecule has 1 saturated heterocycles. The zero-order valence-corrected chi connectivity index (χ0v) is 12.4. The van der Waals surface area contributed by atoms with Crippen LogP contribution in [0.1, 0.15) is 12.0 Å². The summed E-state index contributed by atoms with van der Waals surface area (Å²) in [5.74, 6) is 0. The number of benzene rings is 1. The van der Waals surface area contributed by atoms with Crippen molar-refractivity contribution in [3.05, 3.63) is 29.8 Å². The van der Waals surface area contributed by atoms with Gasteiger partial charge in [0.05, 0.1) is 11.5 Å². The van der Waals surface area contributed by atoms with Crippen molar-refractivity contribution in [2.75, 3.05) is 26.3 Å². The van der Waals surface area contributed by atoms with Gasteiger partial charge in [-0.3, -0.25) is 0 Å². The largest absolute Gasteiger partial charge is 0.380 e. The van der Waals surface area contributed by atoms with E-state index in [1.54, 1.807) is 12.1 Å². The molecule has 1 heterocycles. The maximum absolute atomic E-state index is 12.4. The molecule has 4 nitrogen and oxygen atoms in total. The zero-order valence-electron chi connectivity index (χ0n) is 10.0. The molecule has 0 bridgehead atoms. The molecule has 1 aromatic carbocycles. The lowest BCUT2D eigenvalue weighted by Gasteiger charge is -2.19. The van der Waals surface area contributed by atoms with Crippen molar-refractivity contribution in [2.24, 2.45) is 0 Å². The van der Waals surface area contributed by atoms with Crippen LogP contribution in [0.3, 0.4) is 0 Å². The van der Waals surface area contributed by atoms with E-state index in [2.05, 4.69) is 15.9 Å². The normalized spacial score (nSPS) is 18.5. The molecule has 18 heavy (non-hydrogen) atoms. The van der Waals surface area contributed by atoms with Gasteiger partial charge in [-0.1, -0.05) is 28.1 Å². The van der Waals surface area contributed by atoms with E-state index in [0.717, 1.165) is 17.3 Å². The lowest BCUT2D eigenvalue weighted by Crippen LogP contribution is -2.33. The summed E-state index contributed by atoms with van der Waals surface area (Å²) in [6, 6.07) is 6.99. The Balaban J connectivity index is 2.22. The van der Waals surface area contributed by atoms with Crippen LogP contribution in [0, 0.1) is 0 Å². The van der Waals surface area contributed by atoms with Crippen molar-refractivity contribution in [2.45, 2.75) is 16.6 Å². The van der Waals surface area contributed by atoms with Gasteiger partial charge in [-0.25, -0.2) is 8.42 Å². The van der Waals surface area contributed by atoms with Crippen LogP contribution in [-0.4, -0.2) is 39.0 Å². The van der Waals surface area contributed by atoms with E-state index >= 15 is 0 Å². The highest BCUT2D eigenvalue weighted by atomic mass is 79.9. The minimum atomic E-state index is -3.37. The number of sulfonamides is 1. The number of hydrogen-bond donors (Lipinski definition) is 0. The molecule has 0 aromatic heterocycles. The highest BCUT2D eigenvalue weighted by molar-refractivity contribution is 9.08. The standard InChI is InChI=1S/C12H16BrNO3S/c13-10-11-2-4-12(5-3-11)18(15,16)14-6-1-8-17-9-7-14/h2-5H,1,6-10H2. The van der Waals surface area contributed by atoms with Gasteiger partial charge >= 0.3 is 0 Å². The highest BCUT2D eigenvalue weighted by Crippen LogP contribution is 2.18. The van der Waals surface area contributed by atoms with E-state index in [1.807, 2.05) is 12.1 Å². The van der Waals surface area contributed by atoms with Crippen LogP contribution in [0.4, 0.5) is 0 Å². The van der Waals surface area contributed by atoms with Gasteiger partial charge in [-0.15, -0.1) is 0 Å². The summed E-state index contributed by atoms with van der Waals surface area (Å²) in [6.07, 6.45) is 0.749. The molecule has 6 heteroatoms. The Hall–Kier alpha value is -0.430. The topological polar surface area (TPSA) is 46.6 Å². The Labute approximate surface area is 116 Å². The van der Waals surface area contributed by atoms with E-state index in [4.69, 9.17) is 4.74 Å². The van der Waals surface area contributed by atoms with Crippen molar-refractivity contribution >= 4 is 26.0 Å².